The first-order valence-electron chi connectivity index (χ1n) is 10.7. The van der Waals surface area contributed by atoms with Crippen LogP contribution in [0.1, 0.15) is 46.7 Å². The van der Waals surface area contributed by atoms with Crippen LogP contribution in [0.3, 0.4) is 0 Å². The molecule has 1 saturated heterocycles. The number of amides is 1. The Balaban J connectivity index is 1.31. The third-order valence-corrected chi connectivity index (χ3v) is 6.93. The molecule has 0 atom stereocenters. The Morgan fingerprint density at radius 2 is 1.90 bits per heavy atom. The van der Waals surface area contributed by atoms with Crippen molar-refractivity contribution in [2.75, 3.05) is 26.2 Å². The Hall–Kier alpha value is -2.32. The van der Waals surface area contributed by atoms with E-state index in [1.165, 1.54) is 5.01 Å². The molecular formula is C22H30N6OS. The van der Waals surface area contributed by atoms with E-state index < -0.39 is 0 Å². The van der Waals surface area contributed by atoms with Crippen LogP contribution < -0.4 is 0 Å². The number of fused-ring (bicyclic) bond motifs is 1. The molecule has 0 aromatic carbocycles. The van der Waals surface area contributed by atoms with Gasteiger partial charge >= 0.3 is 0 Å². The molecule has 3 aromatic rings. The largest absolute Gasteiger partial charge is 0.340 e. The molecule has 8 heteroatoms. The molecule has 30 heavy (non-hydrogen) atoms. The van der Waals surface area contributed by atoms with Gasteiger partial charge in [0.25, 0.3) is 0 Å². The lowest BCUT2D eigenvalue weighted by Crippen LogP contribution is -2.48. The zero-order valence-corrected chi connectivity index (χ0v) is 19.1. The smallest absolute Gasteiger partial charge is 0.222 e. The Kier molecular flexibility index (Phi) is 6.15. The standard InChI is InChI=1S/C22H30N6OS/c1-5-21-24-18(14-30-21)13-26-8-10-27(11-9-26)22(29)7-6-19-16(3)23-20-12-15(2)25-28(20)17(19)4/h12,14H,5-11,13H2,1-4H3. The number of hydrogen-bond donors (Lipinski definition) is 0. The summed E-state index contributed by atoms with van der Waals surface area (Å²) in [7, 11) is 0. The molecule has 4 rings (SSSR count). The number of carbonyl (C=O) groups is 1. The molecule has 0 radical (unpaired) electrons. The Morgan fingerprint density at radius 1 is 1.13 bits per heavy atom. The first-order valence-corrected chi connectivity index (χ1v) is 11.6. The van der Waals surface area contributed by atoms with Crippen LogP contribution in [-0.4, -0.2) is 61.5 Å². The van der Waals surface area contributed by atoms with Crippen LogP contribution in [0, 0.1) is 20.8 Å². The highest BCUT2D eigenvalue weighted by atomic mass is 32.1. The summed E-state index contributed by atoms with van der Waals surface area (Å²) < 4.78 is 1.89. The summed E-state index contributed by atoms with van der Waals surface area (Å²) in [6.45, 7) is 12.5. The Morgan fingerprint density at radius 3 is 2.60 bits per heavy atom. The van der Waals surface area contributed by atoms with Gasteiger partial charge in [0, 0.05) is 62.0 Å². The van der Waals surface area contributed by atoms with E-state index in [-0.39, 0.29) is 5.91 Å². The average Bonchev–Trinajstić information content (AvgIpc) is 3.34. The van der Waals surface area contributed by atoms with Crippen molar-refractivity contribution < 1.29 is 4.79 Å². The summed E-state index contributed by atoms with van der Waals surface area (Å²) in [4.78, 5) is 26.6. The third-order valence-electron chi connectivity index (χ3n) is 5.89. The number of thiazole rings is 1. The molecule has 1 amide bonds. The number of carbonyl (C=O) groups excluding carboxylic acids is 1. The topological polar surface area (TPSA) is 66.6 Å². The van der Waals surface area contributed by atoms with Gasteiger partial charge in [-0.2, -0.15) is 5.10 Å². The van der Waals surface area contributed by atoms with Gasteiger partial charge in [-0.05, 0) is 39.2 Å². The van der Waals surface area contributed by atoms with Crippen LogP contribution in [0.5, 0.6) is 0 Å². The van der Waals surface area contributed by atoms with Crippen molar-refractivity contribution in [1.82, 2.24) is 29.4 Å². The molecule has 0 unspecified atom stereocenters. The first kappa shape index (κ1) is 20.9. The van der Waals surface area contributed by atoms with E-state index in [1.807, 2.05) is 29.3 Å². The monoisotopic (exact) mass is 426 g/mol. The van der Waals surface area contributed by atoms with E-state index in [9.17, 15) is 4.79 Å². The highest BCUT2D eigenvalue weighted by Gasteiger charge is 2.22. The maximum Gasteiger partial charge on any atom is 0.222 e. The highest BCUT2D eigenvalue weighted by molar-refractivity contribution is 7.09. The molecule has 4 heterocycles. The number of aryl methyl sites for hydroxylation is 4. The zero-order valence-electron chi connectivity index (χ0n) is 18.3. The van der Waals surface area contributed by atoms with Crippen molar-refractivity contribution >= 4 is 22.9 Å². The summed E-state index contributed by atoms with van der Waals surface area (Å²) in [6.07, 6.45) is 2.21. The molecule has 0 saturated carbocycles. The van der Waals surface area contributed by atoms with Crippen LogP contribution >= 0.6 is 11.3 Å². The zero-order chi connectivity index (χ0) is 21.3. The van der Waals surface area contributed by atoms with Crippen LogP contribution in [0.15, 0.2) is 11.4 Å². The predicted octanol–water partition coefficient (Wildman–Crippen LogP) is 2.95. The molecule has 1 aliphatic rings. The summed E-state index contributed by atoms with van der Waals surface area (Å²) in [5.41, 5.74) is 6.19. The van der Waals surface area contributed by atoms with Gasteiger partial charge in [-0.1, -0.05) is 6.92 Å². The van der Waals surface area contributed by atoms with Gasteiger partial charge in [0.1, 0.15) is 0 Å². The summed E-state index contributed by atoms with van der Waals surface area (Å²) in [5, 5.41) is 7.89. The van der Waals surface area contributed by atoms with Gasteiger partial charge in [0.15, 0.2) is 5.65 Å². The van der Waals surface area contributed by atoms with Crippen molar-refractivity contribution in [2.24, 2.45) is 0 Å². The summed E-state index contributed by atoms with van der Waals surface area (Å²) in [6, 6.07) is 1.99. The van der Waals surface area contributed by atoms with Gasteiger partial charge in [0.2, 0.25) is 5.91 Å². The fourth-order valence-corrected chi connectivity index (χ4v) is 4.90. The molecule has 7 nitrogen and oxygen atoms in total. The van der Waals surface area contributed by atoms with Crippen molar-refractivity contribution in [3.05, 3.63) is 44.8 Å². The Bertz CT molecular complexity index is 1050. The quantitative estimate of drug-likeness (QED) is 0.606. The predicted molar refractivity (Wildman–Crippen MR) is 119 cm³/mol. The fourth-order valence-electron chi connectivity index (χ4n) is 4.16. The Labute approximate surface area is 181 Å². The number of nitrogens with zero attached hydrogens (tertiary/aromatic N) is 6. The van der Waals surface area contributed by atoms with Gasteiger partial charge in [-0.25, -0.2) is 14.5 Å². The maximum absolute atomic E-state index is 12.8. The number of hydrogen-bond acceptors (Lipinski definition) is 6. The minimum Gasteiger partial charge on any atom is -0.340 e. The molecular weight excluding hydrogens is 396 g/mol. The second-order valence-electron chi connectivity index (χ2n) is 8.06. The van der Waals surface area contributed by atoms with E-state index >= 15 is 0 Å². The lowest BCUT2D eigenvalue weighted by Gasteiger charge is -2.34. The summed E-state index contributed by atoms with van der Waals surface area (Å²) >= 11 is 1.74. The van der Waals surface area contributed by atoms with Crippen molar-refractivity contribution in [3.63, 3.8) is 0 Å². The van der Waals surface area contributed by atoms with Gasteiger partial charge in [-0.3, -0.25) is 9.69 Å². The molecule has 1 aliphatic heterocycles. The lowest BCUT2D eigenvalue weighted by atomic mass is 10.1. The van der Waals surface area contributed by atoms with Gasteiger partial charge in [-0.15, -0.1) is 11.3 Å². The van der Waals surface area contributed by atoms with E-state index in [4.69, 9.17) is 0 Å². The summed E-state index contributed by atoms with van der Waals surface area (Å²) in [5.74, 6) is 0.229. The van der Waals surface area contributed by atoms with Crippen molar-refractivity contribution in [3.8, 4) is 0 Å². The minimum absolute atomic E-state index is 0.229. The van der Waals surface area contributed by atoms with Gasteiger partial charge in [0.05, 0.1) is 16.4 Å². The van der Waals surface area contributed by atoms with Crippen LogP contribution in [-0.2, 0) is 24.2 Å². The molecule has 3 aromatic heterocycles. The molecule has 1 fully saturated rings. The van der Waals surface area contributed by atoms with E-state index in [0.717, 1.165) is 73.1 Å². The maximum atomic E-state index is 12.8. The van der Waals surface area contributed by atoms with E-state index in [0.29, 0.717) is 12.8 Å². The molecule has 0 spiro atoms. The van der Waals surface area contributed by atoms with Crippen LogP contribution in [0.4, 0.5) is 0 Å². The molecule has 160 valence electrons. The molecule has 0 N–H and O–H groups in total. The fraction of sp³-hybridized carbons (Fsp3) is 0.545. The van der Waals surface area contributed by atoms with Crippen molar-refractivity contribution in [2.45, 2.75) is 53.5 Å². The second-order valence-corrected chi connectivity index (χ2v) is 9.00. The second kappa shape index (κ2) is 8.81. The number of piperazine rings is 1. The van der Waals surface area contributed by atoms with Crippen LogP contribution in [0.2, 0.25) is 0 Å². The van der Waals surface area contributed by atoms with E-state index in [2.05, 4.69) is 39.2 Å². The van der Waals surface area contributed by atoms with Crippen molar-refractivity contribution in [1.29, 1.82) is 0 Å². The van der Waals surface area contributed by atoms with Gasteiger partial charge < -0.3 is 4.90 Å². The number of rotatable bonds is 6. The lowest BCUT2D eigenvalue weighted by molar-refractivity contribution is -0.133. The average molecular weight is 427 g/mol. The number of aromatic nitrogens is 4. The third kappa shape index (κ3) is 4.39. The van der Waals surface area contributed by atoms with Crippen LogP contribution in [0.25, 0.3) is 5.65 Å². The SMILES string of the molecule is CCc1nc(CN2CCN(C(=O)CCc3c(C)nc4cc(C)nn4c3C)CC2)cs1. The molecule has 0 bridgehead atoms. The molecule has 0 aliphatic carbocycles. The van der Waals surface area contributed by atoms with E-state index in [1.54, 1.807) is 11.3 Å². The minimum atomic E-state index is 0.229. The normalized spacial score (nSPS) is 15.3. The highest BCUT2D eigenvalue weighted by Crippen LogP contribution is 2.18. The first-order chi connectivity index (χ1) is 14.4.